The van der Waals surface area contributed by atoms with Crippen molar-refractivity contribution >= 4 is 17.5 Å². The Morgan fingerprint density at radius 2 is 2.00 bits per heavy atom. The minimum absolute atomic E-state index is 0.00564. The van der Waals surface area contributed by atoms with E-state index < -0.39 is 11.9 Å². The Balaban J connectivity index is 2.37. The first-order valence-electron chi connectivity index (χ1n) is 6.26. The molecule has 1 heterocycles. The van der Waals surface area contributed by atoms with Crippen molar-refractivity contribution < 1.29 is 14.0 Å². The first-order valence-corrected chi connectivity index (χ1v) is 6.26. The first kappa shape index (κ1) is 13.5. The molecular weight excluding hydrogens is 247 g/mol. The molecule has 1 atom stereocenters. The van der Waals surface area contributed by atoms with Crippen molar-refractivity contribution in [3.63, 3.8) is 0 Å². The van der Waals surface area contributed by atoms with Gasteiger partial charge in [-0.05, 0) is 36.6 Å². The van der Waals surface area contributed by atoms with Gasteiger partial charge < -0.3 is 10.2 Å². The van der Waals surface area contributed by atoms with Gasteiger partial charge in [-0.15, -0.1) is 0 Å². The number of nitrogens with zero attached hydrogens (tertiary/aromatic N) is 1. The number of hydrogen-bond acceptors (Lipinski definition) is 2. The van der Waals surface area contributed by atoms with Crippen LogP contribution in [0, 0.1) is 18.7 Å². The van der Waals surface area contributed by atoms with E-state index in [9.17, 15) is 14.0 Å². The van der Waals surface area contributed by atoms with E-state index in [-0.39, 0.29) is 24.3 Å². The van der Waals surface area contributed by atoms with Gasteiger partial charge in [0.2, 0.25) is 11.8 Å². The Hall–Kier alpha value is -1.91. The summed E-state index contributed by atoms with van der Waals surface area (Å²) in [6.07, 6.45) is 0. The van der Waals surface area contributed by atoms with Gasteiger partial charge in [-0.2, -0.15) is 0 Å². The lowest BCUT2D eigenvalue weighted by Crippen LogP contribution is -2.60. The second-order valence-corrected chi connectivity index (χ2v) is 5.20. The summed E-state index contributed by atoms with van der Waals surface area (Å²) in [5, 5.41) is 2.67. The Labute approximate surface area is 111 Å². The molecule has 0 aromatic heterocycles. The van der Waals surface area contributed by atoms with Gasteiger partial charge >= 0.3 is 0 Å². The summed E-state index contributed by atoms with van der Waals surface area (Å²) >= 11 is 0. The van der Waals surface area contributed by atoms with E-state index in [2.05, 4.69) is 5.32 Å². The van der Waals surface area contributed by atoms with Crippen molar-refractivity contribution in [1.29, 1.82) is 0 Å². The molecule has 0 spiro atoms. The van der Waals surface area contributed by atoms with Crippen LogP contribution in [-0.4, -0.2) is 24.4 Å². The van der Waals surface area contributed by atoms with Crippen LogP contribution in [0.4, 0.5) is 10.1 Å². The Kier molecular flexibility index (Phi) is 3.55. The van der Waals surface area contributed by atoms with E-state index in [0.717, 1.165) is 5.56 Å². The average Bonchev–Trinajstić information content (AvgIpc) is 2.30. The molecule has 1 N–H and O–H groups in total. The number of nitrogens with one attached hydrogen (secondary N) is 1. The summed E-state index contributed by atoms with van der Waals surface area (Å²) in [6, 6.07) is 3.82. The van der Waals surface area contributed by atoms with Gasteiger partial charge in [0.25, 0.3) is 0 Å². The maximum Gasteiger partial charge on any atom is 0.250 e. The van der Waals surface area contributed by atoms with E-state index in [4.69, 9.17) is 0 Å². The molecule has 4 nitrogen and oxygen atoms in total. The zero-order chi connectivity index (χ0) is 14.2. The van der Waals surface area contributed by atoms with Crippen LogP contribution in [0.25, 0.3) is 0 Å². The molecule has 1 aliphatic heterocycles. The summed E-state index contributed by atoms with van der Waals surface area (Å²) < 4.78 is 13.4. The Morgan fingerprint density at radius 1 is 1.32 bits per heavy atom. The van der Waals surface area contributed by atoms with E-state index in [1.807, 2.05) is 13.8 Å². The molecule has 1 aliphatic rings. The molecule has 0 saturated carbocycles. The zero-order valence-electron chi connectivity index (χ0n) is 11.2. The summed E-state index contributed by atoms with van der Waals surface area (Å²) in [5.74, 6) is -0.830. The highest BCUT2D eigenvalue weighted by molar-refractivity contribution is 6.06. The normalized spacial score (nSPS) is 19.8. The van der Waals surface area contributed by atoms with Crippen molar-refractivity contribution in [2.45, 2.75) is 26.8 Å². The zero-order valence-corrected chi connectivity index (χ0v) is 11.2. The van der Waals surface area contributed by atoms with Gasteiger partial charge in [-0.3, -0.25) is 9.59 Å². The molecule has 102 valence electrons. The number of benzene rings is 1. The second kappa shape index (κ2) is 4.99. The van der Waals surface area contributed by atoms with Crippen molar-refractivity contribution in [3.05, 3.63) is 29.6 Å². The van der Waals surface area contributed by atoms with Crippen molar-refractivity contribution in [2.24, 2.45) is 5.92 Å². The number of halogens is 1. The third-order valence-electron chi connectivity index (χ3n) is 3.16. The van der Waals surface area contributed by atoms with Gasteiger partial charge in [0.1, 0.15) is 18.4 Å². The molecule has 1 saturated heterocycles. The lowest BCUT2D eigenvalue weighted by Gasteiger charge is -2.34. The number of carbonyl (C=O) groups is 2. The molecule has 19 heavy (non-hydrogen) atoms. The molecule has 0 radical (unpaired) electrons. The molecule has 1 fully saturated rings. The number of amides is 2. The largest absolute Gasteiger partial charge is 0.342 e. The molecule has 1 unspecified atom stereocenters. The van der Waals surface area contributed by atoms with Crippen LogP contribution in [0.1, 0.15) is 19.4 Å². The SMILES string of the molecule is Cc1cc(F)cc(N2CC(=O)NC(C(C)C)C2=O)c1. The molecule has 1 aromatic carbocycles. The van der Waals surface area contributed by atoms with Crippen LogP contribution in [0.5, 0.6) is 0 Å². The van der Waals surface area contributed by atoms with Gasteiger partial charge in [0.15, 0.2) is 0 Å². The van der Waals surface area contributed by atoms with Crippen molar-refractivity contribution in [1.82, 2.24) is 5.32 Å². The quantitative estimate of drug-likeness (QED) is 0.882. The van der Waals surface area contributed by atoms with Crippen LogP contribution < -0.4 is 10.2 Å². The Morgan fingerprint density at radius 3 is 2.58 bits per heavy atom. The topological polar surface area (TPSA) is 49.4 Å². The number of piperazine rings is 1. The molecule has 2 amide bonds. The molecule has 1 aromatic rings. The number of carbonyl (C=O) groups excluding carboxylic acids is 2. The highest BCUT2D eigenvalue weighted by atomic mass is 19.1. The summed E-state index contributed by atoms with van der Waals surface area (Å²) in [4.78, 5) is 25.3. The molecule has 0 bridgehead atoms. The summed E-state index contributed by atoms with van der Waals surface area (Å²) in [5.41, 5.74) is 1.15. The number of rotatable bonds is 2. The van der Waals surface area contributed by atoms with Gasteiger partial charge in [0, 0.05) is 5.69 Å². The minimum atomic E-state index is -0.551. The lowest BCUT2D eigenvalue weighted by molar-refractivity contribution is -0.132. The number of hydrogen-bond donors (Lipinski definition) is 1. The fourth-order valence-electron chi connectivity index (χ4n) is 2.21. The van der Waals surface area contributed by atoms with Gasteiger partial charge in [0.05, 0.1) is 0 Å². The summed E-state index contributed by atoms with van der Waals surface area (Å²) in [6.45, 7) is 5.41. The number of aryl methyl sites for hydroxylation is 1. The molecule has 0 aliphatic carbocycles. The first-order chi connectivity index (χ1) is 8.88. The fourth-order valence-corrected chi connectivity index (χ4v) is 2.21. The Bertz CT molecular complexity index is 508. The van der Waals surface area contributed by atoms with E-state index in [1.165, 1.54) is 17.0 Å². The maximum absolute atomic E-state index is 13.4. The van der Waals surface area contributed by atoms with Crippen LogP contribution >= 0.6 is 0 Å². The predicted molar refractivity (Wildman–Crippen MR) is 70.3 cm³/mol. The predicted octanol–water partition coefficient (Wildman–Crippen LogP) is 1.62. The highest BCUT2D eigenvalue weighted by Crippen LogP contribution is 2.22. The van der Waals surface area contributed by atoms with Crippen LogP contribution in [-0.2, 0) is 9.59 Å². The summed E-state index contributed by atoms with van der Waals surface area (Å²) in [7, 11) is 0. The lowest BCUT2D eigenvalue weighted by atomic mass is 10.00. The third-order valence-corrected chi connectivity index (χ3v) is 3.16. The average molecular weight is 264 g/mol. The fraction of sp³-hybridized carbons (Fsp3) is 0.429. The van der Waals surface area contributed by atoms with Crippen LogP contribution in [0.3, 0.4) is 0 Å². The van der Waals surface area contributed by atoms with E-state index in [1.54, 1.807) is 13.0 Å². The highest BCUT2D eigenvalue weighted by Gasteiger charge is 2.35. The van der Waals surface area contributed by atoms with Gasteiger partial charge in [-0.1, -0.05) is 13.8 Å². The number of anilines is 1. The van der Waals surface area contributed by atoms with E-state index >= 15 is 0 Å². The molecular formula is C14H17FN2O2. The van der Waals surface area contributed by atoms with Crippen LogP contribution in [0.15, 0.2) is 18.2 Å². The van der Waals surface area contributed by atoms with Crippen molar-refractivity contribution in [3.8, 4) is 0 Å². The van der Waals surface area contributed by atoms with E-state index in [0.29, 0.717) is 5.69 Å². The monoisotopic (exact) mass is 264 g/mol. The minimum Gasteiger partial charge on any atom is -0.342 e. The third kappa shape index (κ3) is 2.75. The second-order valence-electron chi connectivity index (χ2n) is 5.20. The van der Waals surface area contributed by atoms with Crippen molar-refractivity contribution in [2.75, 3.05) is 11.4 Å². The molecule has 5 heteroatoms. The van der Waals surface area contributed by atoms with Crippen LogP contribution in [0.2, 0.25) is 0 Å². The maximum atomic E-state index is 13.4. The standard InChI is InChI=1S/C14H17FN2O2/c1-8(2)13-14(19)17(7-12(18)16-13)11-5-9(3)4-10(15)6-11/h4-6,8,13H,7H2,1-3H3,(H,16,18). The molecule has 2 rings (SSSR count). The van der Waals surface area contributed by atoms with Gasteiger partial charge in [-0.25, -0.2) is 4.39 Å². The smallest absolute Gasteiger partial charge is 0.250 e.